The third kappa shape index (κ3) is 4.40. The molecule has 2 heterocycles. The number of halogens is 1. The number of amides is 1. The number of carbonyl (C=O) groups excluding carboxylic acids is 1. The first kappa shape index (κ1) is 18.7. The molecule has 2 aromatic carbocycles. The second kappa shape index (κ2) is 8.54. The molecule has 4 rings (SSSR count). The van der Waals surface area contributed by atoms with Crippen molar-refractivity contribution in [1.29, 1.82) is 0 Å². The molecule has 0 spiro atoms. The number of hydrogen-bond acceptors (Lipinski definition) is 4. The van der Waals surface area contributed by atoms with Crippen LogP contribution >= 0.6 is 11.3 Å². The Hall–Kier alpha value is -2.70. The highest BCUT2D eigenvalue weighted by Crippen LogP contribution is 2.26. The zero-order valence-electron chi connectivity index (χ0n) is 15.3. The molecule has 0 radical (unpaired) electrons. The Bertz CT molecular complexity index is 958. The zero-order valence-corrected chi connectivity index (χ0v) is 16.1. The molecule has 1 amide bonds. The molecule has 0 unspecified atom stereocenters. The lowest BCUT2D eigenvalue weighted by Gasteiger charge is -2.19. The van der Waals surface area contributed by atoms with Gasteiger partial charge in [0.25, 0.3) is 5.91 Å². The van der Waals surface area contributed by atoms with Crippen LogP contribution < -0.4 is 4.74 Å². The number of carbonyl (C=O) groups is 1. The maximum Gasteiger partial charge on any atom is 0.264 e. The maximum atomic E-state index is 13.2. The second-order valence-electron chi connectivity index (χ2n) is 6.62. The normalized spacial score (nSPS) is 13.5. The number of nitrogens with zero attached hydrogens (tertiary/aromatic N) is 1. The van der Waals surface area contributed by atoms with Gasteiger partial charge < -0.3 is 14.4 Å². The van der Waals surface area contributed by atoms with Crippen molar-refractivity contribution >= 4 is 17.2 Å². The van der Waals surface area contributed by atoms with E-state index in [0.717, 1.165) is 27.3 Å². The van der Waals surface area contributed by atoms with Gasteiger partial charge in [-0.25, -0.2) is 4.39 Å². The molecule has 3 aromatic rings. The minimum atomic E-state index is -0.265. The molecule has 1 aliphatic heterocycles. The van der Waals surface area contributed by atoms with Crippen LogP contribution in [0.1, 0.15) is 26.4 Å². The fourth-order valence-electron chi connectivity index (χ4n) is 3.18. The van der Waals surface area contributed by atoms with Crippen molar-refractivity contribution in [3.8, 4) is 5.75 Å². The number of hydrogen-bond donors (Lipinski definition) is 0. The van der Waals surface area contributed by atoms with Gasteiger partial charge in [0.1, 0.15) is 18.2 Å². The Balaban J connectivity index is 1.42. The molecule has 0 N–H and O–H groups in total. The number of thiophene rings is 1. The Morgan fingerprint density at radius 2 is 1.96 bits per heavy atom. The van der Waals surface area contributed by atoms with Gasteiger partial charge in [0.05, 0.1) is 24.6 Å². The summed E-state index contributed by atoms with van der Waals surface area (Å²) < 4.78 is 24.8. The zero-order chi connectivity index (χ0) is 19.3. The van der Waals surface area contributed by atoms with E-state index < -0.39 is 0 Å². The van der Waals surface area contributed by atoms with Crippen LogP contribution in [-0.2, 0) is 24.5 Å². The summed E-state index contributed by atoms with van der Waals surface area (Å²) >= 11 is 1.45. The van der Waals surface area contributed by atoms with Gasteiger partial charge in [0.15, 0.2) is 0 Å². The predicted molar refractivity (Wildman–Crippen MR) is 106 cm³/mol. The second-order valence-corrected chi connectivity index (χ2v) is 7.56. The van der Waals surface area contributed by atoms with E-state index >= 15 is 0 Å². The van der Waals surface area contributed by atoms with E-state index in [1.807, 2.05) is 46.7 Å². The topological polar surface area (TPSA) is 38.8 Å². The van der Waals surface area contributed by atoms with Crippen molar-refractivity contribution in [2.24, 2.45) is 0 Å². The molecular weight excluding hydrogens is 377 g/mol. The van der Waals surface area contributed by atoms with Crippen LogP contribution in [-0.4, -0.2) is 24.0 Å². The highest BCUT2D eigenvalue weighted by Gasteiger charge is 2.21. The first-order chi connectivity index (χ1) is 13.7. The highest BCUT2D eigenvalue weighted by molar-refractivity contribution is 7.12. The molecule has 28 heavy (non-hydrogen) atoms. The molecule has 1 aliphatic rings. The summed E-state index contributed by atoms with van der Waals surface area (Å²) in [5, 5.41) is 1.91. The molecule has 0 aliphatic carbocycles. The van der Waals surface area contributed by atoms with Gasteiger partial charge in [0, 0.05) is 12.1 Å². The van der Waals surface area contributed by atoms with Crippen LogP contribution in [0.3, 0.4) is 0 Å². The van der Waals surface area contributed by atoms with E-state index in [-0.39, 0.29) is 11.7 Å². The number of fused-ring (bicyclic) bond motifs is 1. The Kier molecular flexibility index (Phi) is 5.69. The smallest absolute Gasteiger partial charge is 0.264 e. The van der Waals surface area contributed by atoms with Gasteiger partial charge in [-0.2, -0.15) is 0 Å². The van der Waals surface area contributed by atoms with Crippen LogP contribution in [0.5, 0.6) is 5.75 Å². The summed E-state index contributed by atoms with van der Waals surface area (Å²) in [6.07, 6.45) is 0. The van der Waals surface area contributed by atoms with E-state index in [9.17, 15) is 9.18 Å². The van der Waals surface area contributed by atoms with Gasteiger partial charge >= 0.3 is 0 Å². The summed E-state index contributed by atoms with van der Waals surface area (Å²) in [6.45, 7) is 2.27. The summed E-state index contributed by atoms with van der Waals surface area (Å²) in [6, 6.07) is 16.0. The lowest BCUT2D eigenvalue weighted by atomic mass is 10.1. The number of benzene rings is 2. The van der Waals surface area contributed by atoms with Crippen LogP contribution in [0.25, 0.3) is 0 Å². The Labute approximate surface area is 167 Å². The lowest BCUT2D eigenvalue weighted by Crippen LogP contribution is -2.31. The maximum absolute atomic E-state index is 13.2. The van der Waals surface area contributed by atoms with Gasteiger partial charge in [-0.3, -0.25) is 4.79 Å². The molecule has 6 heteroatoms. The van der Waals surface area contributed by atoms with Gasteiger partial charge in [-0.05, 0) is 46.8 Å². The number of rotatable bonds is 5. The van der Waals surface area contributed by atoms with E-state index in [4.69, 9.17) is 9.47 Å². The summed E-state index contributed by atoms with van der Waals surface area (Å²) in [7, 11) is 0. The van der Waals surface area contributed by atoms with Crippen molar-refractivity contribution in [2.75, 3.05) is 13.2 Å². The van der Waals surface area contributed by atoms with Crippen molar-refractivity contribution < 1.29 is 18.7 Å². The molecule has 1 aromatic heterocycles. The SMILES string of the molecule is O=C(c1cccs1)N1CCOc2ccc(COCc3cccc(F)c3)cc2C1. The van der Waals surface area contributed by atoms with Crippen molar-refractivity contribution in [1.82, 2.24) is 4.90 Å². The van der Waals surface area contributed by atoms with Crippen LogP contribution in [0.15, 0.2) is 60.0 Å². The van der Waals surface area contributed by atoms with Crippen molar-refractivity contribution in [2.45, 2.75) is 19.8 Å². The minimum Gasteiger partial charge on any atom is -0.491 e. The van der Waals surface area contributed by atoms with E-state index in [0.29, 0.717) is 32.9 Å². The molecule has 0 atom stereocenters. The lowest BCUT2D eigenvalue weighted by molar-refractivity contribution is 0.0738. The quantitative estimate of drug-likeness (QED) is 0.630. The fourth-order valence-corrected chi connectivity index (χ4v) is 3.87. The van der Waals surface area contributed by atoms with E-state index in [2.05, 4.69) is 0 Å². The van der Waals surface area contributed by atoms with Gasteiger partial charge in [-0.1, -0.05) is 24.3 Å². The van der Waals surface area contributed by atoms with Crippen LogP contribution in [0.4, 0.5) is 4.39 Å². The fraction of sp³-hybridized carbons (Fsp3) is 0.227. The molecule has 4 nitrogen and oxygen atoms in total. The molecular formula is C22H20FNO3S. The predicted octanol–water partition coefficient (Wildman–Crippen LogP) is 4.64. The molecule has 0 fully saturated rings. The summed E-state index contributed by atoms with van der Waals surface area (Å²) in [5.74, 6) is 0.563. The largest absolute Gasteiger partial charge is 0.491 e. The first-order valence-electron chi connectivity index (χ1n) is 9.08. The number of ether oxygens (including phenoxy) is 2. The standard InChI is InChI=1S/C22H20FNO3S/c23-19-4-1-3-16(12-19)14-26-15-17-6-7-20-18(11-17)13-24(8-9-27-20)22(25)21-5-2-10-28-21/h1-7,10-12H,8-9,13-15H2. The Morgan fingerprint density at radius 1 is 1.11 bits per heavy atom. The molecule has 0 saturated carbocycles. The van der Waals surface area contributed by atoms with Crippen molar-refractivity contribution in [3.63, 3.8) is 0 Å². The van der Waals surface area contributed by atoms with Crippen LogP contribution in [0.2, 0.25) is 0 Å². The average molecular weight is 397 g/mol. The first-order valence-corrected chi connectivity index (χ1v) is 9.96. The van der Waals surface area contributed by atoms with E-state index in [1.54, 1.807) is 6.07 Å². The molecule has 0 saturated heterocycles. The van der Waals surface area contributed by atoms with Gasteiger partial charge in [-0.15, -0.1) is 11.3 Å². The minimum absolute atomic E-state index is 0.0270. The van der Waals surface area contributed by atoms with Crippen LogP contribution in [0, 0.1) is 5.82 Å². The highest BCUT2D eigenvalue weighted by atomic mass is 32.1. The third-order valence-electron chi connectivity index (χ3n) is 4.55. The summed E-state index contributed by atoms with van der Waals surface area (Å²) in [4.78, 5) is 15.2. The third-order valence-corrected chi connectivity index (χ3v) is 5.41. The monoisotopic (exact) mass is 397 g/mol. The van der Waals surface area contributed by atoms with E-state index in [1.165, 1.54) is 23.5 Å². The van der Waals surface area contributed by atoms with Crippen molar-refractivity contribution in [3.05, 3.63) is 87.4 Å². The van der Waals surface area contributed by atoms with Gasteiger partial charge in [0.2, 0.25) is 0 Å². The molecule has 144 valence electrons. The Morgan fingerprint density at radius 3 is 2.75 bits per heavy atom. The molecule has 0 bridgehead atoms. The summed E-state index contributed by atoms with van der Waals surface area (Å²) in [5.41, 5.74) is 2.75. The average Bonchev–Trinajstić information content (AvgIpc) is 3.14.